The molecule has 0 saturated heterocycles. The van der Waals surface area contributed by atoms with Crippen LogP contribution >= 0.6 is 11.6 Å². The van der Waals surface area contributed by atoms with Gasteiger partial charge in [-0.05, 0) is 61.2 Å². The second-order valence-electron chi connectivity index (χ2n) is 7.66. The van der Waals surface area contributed by atoms with Crippen molar-refractivity contribution in [1.82, 2.24) is 19.6 Å². The van der Waals surface area contributed by atoms with Crippen molar-refractivity contribution in [2.45, 2.75) is 34.0 Å². The van der Waals surface area contributed by atoms with E-state index < -0.39 is 0 Å². The van der Waals surface area contributed by atoms with Gasteiger partial charge in [0.2, 0.25) is 0 Å². The normalized spacial score (nSPS) is 10.9. The molecule has 4 aromatic rings. The zero-order valence-corrected chi connectivity index (χ0v) is 18.9. The van der Waals surface area contributed by atoms with E-state index >= 15 is 0 Å². The second-order valence-corrected chi connectivity index (χ2v) is 8.04. The third-order valence-electron chi connectivity index (χ3n) is 5.12. The van der Waals surface area contributed by atoms with E-state index in [1.54, 1.807) is 27.7 Å². The van der Waals surface area contributed by atoms with Crippen molar-refractivity contribution < 1.29 is 9.53 Å². The Labute approximate surface area is 191 Å². The molecular weight excluding hydrogens is 426 g/mol. The molecule has 2 aromatic heterocycles. The predicted octanol–water partition coefficient (Wildman–Crippen LogP) is 5.00. The van der Waals surface area contributed by atoms with Crippen molar-refractivity contribution in [1.29, 1.82) is 0 Å². The lowest BCUT2D eigenvalue weighted by molar-refractivity contribution is 0.101. The van der Waals surface area contributed by atoms with Gasteiger partial charge in [-0.2, -0.15) is 10.2 Å². The zero-order valence-electron chi connectivity index (χ0n) is 18.2. The number of aryl methyl sites for hydroxylation is 3. The molecule has 1 amide bonds. The molecule has 1 N–H and O–H groups in total. The minimum atomic E-state index is -0.330. The Hall–Kier alpha value is -3.58. The standard InChI is InChI=1S/C24H24ClN5O2/c1-16-6-4-5-7-19(16)14-29-11-9-22(28-29)26-24(31)21-8-10-30(27-21)15-32-20-12-17(2)23(25)18(3)13-20/h4-13H,14-15H2,1-3H3,(H,26,28,31). The van der Waals surface area contributed by atoms with Crippen LogP contribution < -0.4 is 10.1 Å². The van der Waals surface area contributed by atoms with Crippen LogP contribution in [0, 0.1) is 20.8 Å². The molecule has 0 saturated carbocycles. The number of halogens is 1. The minimum absolute atomic E-state index is 0.179. The van der Waals surface area contributed by atoms with Crippen molar-refractivity contribution >= 4 is 23.3 Å². The zero-order chi connectivity index (χ0) is 22.7. The lowest BCUT2D eigenvalue weighted by Gasteiger charge is -2.10. The number of anilines is 1. The largest absolute Gasteiger partial charge is 0.471 e. The summed E-state index contributed by atoms with van der Waals surface area (Å²) in [4.78, 5) is 12.6. The van der Waals surface area contributed by atoms with Crippen molar-refractivity contribution in [2.75, 3.05) is 5.32 Å². The van der Waals surface area contributed by atoms with Crippen LogP contribution in [-0.4, -0.2) is 25.5 Å². The molecule has 0 spiro atoms. The Morgan fingerprint density at radius 1 is 0.969 bits per heavy atom. The van der Waals surface area contributed by atoms with E-state index in [4.69, 9.17) is 16.3 Å². The number of aromatic nitrogens is 4. The number of benzene rings is 2. The van der Waals surface area contributed by atoms with Crippen LogP contribution in [0.3, 0.4) is 0 Å². The molecule has 2 heterocycles. The van der Waals surface area contributed by atoms with E-state index in [1.807, 2.05) is 44.3 Å². The van der Waals surface area contributed by atoms with Crippen molar-refractivity contribution in [2.24, 2.45) is 0 Å². The molecule has 164 valence electrons. The number of carbonyl (C=O) groups excluding carboxylic acids is 1. The predicted molar refractivity (Wildman–Crippen MR) is 124 cm³/mol. The molecule has 2 aromatic carbocycles. The van der Waals surface area contributed by atoms with Crippen LogP contribution in [0.15, 0.2) is 60.9 Å². The summed E-state index contributed by atoms with van der Waals surface area (Å²) in [6.45, 7) is 6.75. The number of hydrogen-bond acceptors (Lipinski definition) is 4. The molecule has 0 aliphatic heterocycles. The van der Waals surface area contributed by atoms with Crippen LogP contribution in [0.5, 0.6) is 5.75 Å². The molecule has 0 fully saturated rings. The van der Waals surface area contributed by atoms with Gasteiger partial charge in [0.25, 0.3) is 5.91 Å². The fourth-order valence-corrected chi connectivity index (χ4v) is 3.45. The molecule has 0 aliphatic carbocycles. The summed E-state index contributed by atoms with van der Waals surface area (Å²) in [6.07, 6.45) is 3.53. The van der Waals surface area contributed by atoms with E-state index in [-0.39, 0.29) is 18.3 Å². The van der Waals surface area contributed by atoms with E-state index in [9.17, 15) is 4.79 Å². The van der Waals surface area contributed by atoms with Gasteiger partial charge >= 0.3 is 0 Å². The Morgan fingerprint density at radius 2 is 1.69 bits per heavy atom. The second kappa shape index (κ2) is 9.28. The van der Waals surface area contributed by atoms with E-state index in [0.29, 0.717) is 18.1 Å². The highest BCUT2D eigenvalue weighted by atomic mass is 35.5. The van der Waals surface area contributed by atoms with Gasteiger partial charge in [0.1, 0.15) is 5.75 Å². The topological polar surface area (TPSA) is 74.0 Å². The Morgan fingerprint density at radius 3 is 2.44 bits per heavy atom. The van der Waals surface area contributed by atoms with E-state index in [2.05, 4.69) is 34.6 Å². The first kappa shape index (κ1) is 21.6. The van der Waals surface area contributed by atoms with Crippen LogP contribution in [0.1, 0.15) is 32.7 Å². The molecule has 0 bridgehead atoms. The fourth-order valence-electron chi connectivity index (χ4n) is 3.34. The van der Waals surface area contributed by atoms with Crippen LogP contribution in [0.2, 0.25) is 5.02 Å². The average Bonchev–Trinajstić information content (AvgIpc) is 3.42. The summed E-state index contributed by atoms with van der Waals surface area (Å²) in [6, 6.07) is 15.3. The number of rotatable bonds is 7. The van der Waals surface area contributed by atoms with Crippen LogP contribution in [0.25, 0.3) is 0 Å². The first-order chi connectivity index (χ1) is 15.4. The summed E-state index contributed by atoms with van der Waals surface area (Å²) in [5, 5.41) is 12.2. The number of ether oxygens (including phenoxy) is 1. The minimum Gasteiger partial charge on any atom is -0.471 e. The summed E-state index contributed by atoms with van der Waals surface area (Å²) in [5.41, 5.74) is 4.56. The smallest absolute Gasteiger partial charge is 0.277 e. The van der Waals surface area contributed by atoms with Gasteiger partial charge in [-0.1, -0.05) is 35.9 Å². The van der Waals surface area contributed by atoms with E-state index in [0.717, 1.165) is 16.1 Å². The van der Waals surface area contributed by atoms with Gasteiger partial charge in [-0.25, -0.2) is 4.68 Å². The van der Waals surface area contributed by atoms with Gasteiger partial charge < -0.3 is 10.1 Å². The molecule has 32 heavy (non-hydrogen) atoms. The maximum Gasteiger partial charge on any atom is 0.277 e. The highest BCUT2D eigenvalue weighted by molar-refractivity contribution is 6.32. The first-order valence-electron chi connectivity index (χ1n) is 10.2. The van der Waals surface area contributed by atoms with E-state index in [1.165, 1.54) is 11.1 Å². The molecule has 4 rings (SSSR count). The molecular formula is C24H24ClN5O2. The van der Waals surface area contributed by atoms with Gasteiger partial charge in [0.05, 0.1) is 6.54 Å². The number of amides is 1. The van der Waals surface area contributed by atoms with Crippen LogP contribution in [0.4, 0.5) is 5.82 Å². The Kier molecular flexibility index (Phi) is 6.28. The lowest BCUT2D eigenvalue weighted by Crippen LogP contribution is -2.15. The quantitative estimate of drug-likeness (QED) is 0.431. The highest BCUT2D eigenvalue weighted by Crippen LogP contribution is 2.26. The fraction of sp³-hybridized carbons (Fsp3) is 0.208. The SMILES string of the molecule is Cc1ccccc1Cn1ccc(NC(=O)c2ccn(COc3cc(C)c(Cl)c(C)c3)n2)n1. The molecule has 0 unspecified atom stereocenters. The first-order valence-corrected chi connectivity index (χ1v) is 10.6. The maximum atomic E-state index is 12.6. The number of nitrogens with zero attached hydrogens (tertiary/aromatic N) is 4. The molecule has 0 atom stereocenters. The Balaban J connectivity index is 1.35. The average molecular weight is 450 g/mol. The monoisotopic (exact) mass is 449 g/mol. The van der Waals surface area contributed by atoms with Gasteiger partial charge in [-0.15, -0.1) is 0 Å². The summed E-state index contributed by atoms with van der Waals surface area (Å²) in [7, 11) is 0. The molecule has 0 aliphatic rings. The third-order valence-corrected chi connectivity index (χ3v) is 5.72. The van der Waals surface area contributed by atoms with Crippen molar-refractivity contribution in [3.8, 4) is 5.75 Å². The molecule has 0 radical (unpaired) electrons. The third kappa shape index (κ3) is 5.00. The van der Waals surface area contributed by atoms with Crippen LogP contribution in [-0.2, 0) is 13.3 Å². The molecule has 7 nitrogen and oxygen atoms in total. The number of carbonyl (C=O) groups is 1. The summed E-state index contributed by atoms with van der Waals surface area (Å²) >= 11 is 6.20. The number of hydrogen-bond donors (Lipinski definition) is 1. The summed E-state index contributed by atoms with van der Waals surface area (Å²) in [5.74, 6) is 0.842. The van der Waals surface area contributed by atoms with Gasteiger partial charge in [-0.3, -0.25) is 9.48 Å². The highest BCUT2D eigenvalue weighted by Gasteiger charge is 2.12. The molecule has 8 heteroatoms. The van der Waals surface area contributed by atoms with Gasteiger partial charge in [0.15, 0.2) is 18.2 Å². The summed E-state index contributed by atoms with van der Waals surface area (Å²) < 4.78 is 9.14. The number of nitrogens with one attached hydrogen (secondary N) is 1. The maximum absolute atomic E-state index is 12.6. The lowest BCUT2D eigenvalue weighted by atomic mass is 10.1. The Bertz CT molecular complexity index is 1240. The van der Waals surface area contributed by atoms with Gasteiger partial charge in [0, 0.05) is 23.5 Å². The van der Waals surface area contributed by atoms with Crippen molar-refractivity contribution in [3.05, 3.63) is 93.9 Å². The van der Waals surface area contributed by atoms with Crippen molar-refractivity contribution in [3.63, 3.8) is 0 Å².